The summed E-state index contributed by atoms with van der Waals surface area (Å²) in [5.41, 5.74) is 0.557. The fourth-order valence-corrected chi connectivity index (χ4v) is 3.65. The van der Waals surface area contributed by atoms with Crippen molar-refractivity contribution < 1.29 is 14.7 Å². The molecule has 22 heavy (non-hydrogen) atoms. The minimum absolute atomic E-state index is 0.119. The number of thiocarbonyl (C=S) groups is 1. The molecule has 0 spiro atoms. The molecule has 1 amide bonds. The zero-order chi connectivity index (χ0) is 16.3. The molecule has 1 aliphatic rings. The van der Waals surface area contributed by atoms with Crippen LogP contribution in [0.25, 0.3) is 6.08 Å². The molecule has 1 aromatic carbocycles. The van der Waals surface area contributed by atoms with Crippen molar-refractivity contribution in [2.24, 2.45) is 0 Å². The Labute approximate surface area is 147 Å². The van der Waals surface area contributed by atoms with Gasteiger partial charge in [-0.2, -0.15) is 0 Å². The van der Waals surface area contributed by atoms with E-state index in [9.17, 15) is 14.7 Å². The van der Waals surface area contributed by atoms with Crippen LogP contribution in [-0.4, -0.2) is 27.6 Å². The van der Waals surface area contributed by atoms with Gasteiger partial charge in [0.1, 0.15) is 4.32 Å². The Kier molecular flexibility index (Phi) is 5.86. The largest absolute Gasteiger partial charge is 0.550 e. The molecule has 0 aromatic heterocycles. The monoisotopic (exact) mass is 374 g/mol. The summed E-state index contributed by atoms with van der Waals surface area (Å²) in [6.07, 6.45) is 1.77. The maximum atomic E-state index is 12.3. The van der Waals surface area contributed by atoms with Gasteiger partial charge in [0.15, 0.2) is 0 Å². The molecular formula is C14H10Cl2NO3S2-. The number of carbonyl (C=O) groups is 2. The Bertz CT molecular complexity index is 656. The van der Waals surface area contributed by atoms with Gasteiger partial charge in [-0.15, -0.1) is 0 Å². The maximum absolute atomic E-state index is 12.3. The summed E-state index contributed by atoms with van der Waals surface area (Å²) >= 11 is 18.5. The van der Waals surface area contributed by atoms with Crippen molar-refractivity contribution in [2.75, 3.05) is 6.54 Å². The van der Waals surface area contributed by atoms with Crippen molar-refractivity contribution in [3.63, 3.8) is 0 Å². The van der Waals surface area contributed by atoms with E-state index in [4.69, 9.17) is 35.4 Å². The first kappa shape index (κ1) is 17.3. The van der Waals surface area contributed by atoms with Crippen LogP contribution < -0.4 is 5.11 Å². The molecule has 1 aliphatic heterocycles. The lowest BCUT2D eigenvalue weighted by atomic mass is 10.2. The average Bonchev–Trinajstić information content (AvgIpc) is 2.70. The second kappa shape index (κ2) is 7.46. The van der Waals surface area contributed by atoms with Gasteiger partial charge >= 0.3 is 0 Å². The number of hydrogen-bond acceptors (Lipinski definition) is 5. The number of benzene rings is 1. The highest BCUT2D eigenvalue weighted by molar-refractivity contribution is 8.26. The third-order valence-electron chi connectivity index (χ3n) is 2.91. The zero-order valence-corrected chi connectivity index (χ0v) is 14.3. The van der Waals surface area contributed by atoms with Gasteiger partial charge in [0, 0.05) is 28.1 Å². The molecule has 0 radical (unpaired) electrons. The average molecular weight is 375 g/mol. The Morgan fingerprint density at radius 1 is 1.36 bits per heavy atom. The minimum Gasteiger partial charge on any atom is -0.550 e. The van der Waals surface area contributed by atoms with Crippen LogP contribution in [0.3, 0.4) is 0 Å². The number of carboxylic acid groups (broad SMARTS) is 1. The third-order valence-corrected chi connectivity index (χ3v) is 4.95. The van der Waals surface area contributed by atoms with E-state index in [-0.39, 0.29) is 25.3 Å². The lowest BCUT2D eigenvalue weighted by Gasteiger charge is -2.14. The summed E-state index contributed by atoms with van der Waals surface area (Å²) in [4.78, 5) is 24.5. The topological polar surface area (TPSA) is 60.4 Å². The number of nitrogens with zero attached hydrogens (tertiary/aromatic N) is 1. The third kappa shape index (κ3) is 4.01. The van der Waals surface area contributed by atoms with Gasteiger partial charge in [-0.25, -0.2) is 0 Å². The molecule has 116 valence electrons. The van der Waals surface area contributed by atoms with Crippen LogP contribution in [0.5, 0.6) is 0 Å². The van der Waals surface area contributed by atoms with Crippen LogP contribution in [0.15, 0.2) is 23.1 Å². The second-order valence-electron chi connectivity index (χ2n) is 4.44. The van der Waals surface area contributed by atoms with E-state index in [1.165, 1.54) is 4.90 Å². The van der Waals surface area contributed by atoms with Gasteiger partial charge in [0.25, 0.3) is 5.91 Å². The SMILES string of the molecule is O=C([O-])CCCN1C(=O)/C(=C\c2c(Cl)cccc2Cl)SC1=S. The molecule has 1 heterocycles. The van der Waals surface area contributed by atoms with E-state index >= 15 is 0 Å². The summed E-state index contributed by atoms with van der Waals surface area (Å²) in [5, 5.41) is 11.3. The highest BCUT2D eigenvalue weighted by Crippen LogP contribution is 2.35. The number of halogens is 2. The maximum Gasteiger partial charge on any atom is 0.266 e. The van der Waals surface area contributed by atoms with Crippen LogP contribution in [0, 0.1) is 0 Å². The Morgan fingerprint density at radius 3 is 2.59 bits per heavy atom. The van der Waals surface area contributed by atoms with Gasteiger partial charge in [-0.1, -0.05) is 53.2 Å². The molecule has 4 nitrogen and oxygen atoms in total. The highest BCUT2D eigenvalue weighted by atomic mass is 35.5. The first-order valence-electron chi connectivity index (χ1n) is 6.29. The summed E-state index contributed by atoms with van der Waals surface area (Å²) < 4.78 is 0.387. The lowest BCUT2D eigenvalue weighted by Crippen LogP contribution is -2.30. The number of thioether (sulfide) groups is 1. The highest BCUT2D eigenvalue weighted by Gasteiger charge is 2.31. The number of hydrogen-bond donors (Lipinski definition) is 0. The molecule has 2 rings (SSSR count). The normalized spacial score (nSPS) is 16.6. The number of carbonyl (C=O) groups excluding carboxylic acids is 2. The van der Waals surface area contributed by atoms with Crippen LogP contribution >= 0.6 is 47.2 Å². The van der Waals surface area contributed by atoms with Crippen LogP contribution in [-0.2, 0) is 9.59 Å². The molecule has 8 heteroatoms. The van der Waals surface area contributed by atoms with Crippen molar-refractivity contribution in [3.05, 3.63) is 38.7 Å². The first-order valence-corrected chi connectivity index (χ1v) is 8.27. The Hall–Kier alpha value is -1.08. The fraction of sp³-hybridized carbons (Fsp3) is 0.214. The van der Waals surface area contributed by atoms with Gasteiger partial charge in [0.2, 0.25) is 0 Å². The molecular weight excluding hydrogens is 365 g/mol. The molecule has 0 atom stereocenters. The van der Waals surface area contributed by atoms with Crippen LogP contribution in [0.4, 0.5) is 0 Å². The van der Waals surface area contributed by atoms with E-state index in [0.29, 0.717) is 24.8 Å². The molecule has 0 N–H and O–H groups in total. The number of carboxylic acids is 1. The molecule has 0 unspecified atom stereocenters. The van der Waals surface area contributed by atoms with Crippen LogP contribution in [0.2, 0.25) is 10.0 Å². The summed E-state index contributed by atoms with van der Waals surface area (Å²) in [6, 6.07) is 5.08. The zero-order valence-electron chi connectivity index (χ0n) is 11.2. The number of rotatable bonds is 5. The van der Waals surface area contributed by atoms with Gasteiger partial charge < -0.3 is 9.90 Å². The Morgan fingerprint density at radius 2 is 2.00 bits per heavy atom. The Balaban J connectivity index is 2.17. The van der Waals surface area contributed by atoms with Crippen molar-refractivity contribution in [1.29, 1.82) is 0 Å². The van der Waals surface area contributed by atoms with Crippen molar-refractivity contribution >= 4 is 69.5 Å². The quantitative estimate of drug-likeness (QED) is 0.585. The van der Waals surface area contributed by atoms with Gasteiger partial charge in [0.05, 0.1) is 4.91 Å². The lowest BCUT2D eigenvalue weighted by molar-refractivity contribution is -0.305. The predicted octanol–water partition coefficient (Wildman–Crippen LogP) is 2.72. The first-order chi connectivity index (χ1) is 10.4. The molecule has 1 saturated heterocycles. The minimum atomic E-state index is -1.15. The summed E-state index contributed by atoms with van der Waals surface area (Å²) in [6.45, 7) is 0.242. The van der Waals surface area contributed by atoms with E-state index in [0.717, 1.165) is 11.8 Å². The summed E-state index contributed by atoms with van der Waals surface area (Å²) in [7, 11) is 0. The second-order valence-corrected chi connectivity index (χ2v) is 6.93. The van der Waals surface area contributed by atoms with Gasteiger partial charge in [-0.3, -0.25) is 9.69 Å². The predicted molar refractivity (Wildman–Crippen MR) is 90.6 cm³/mol. The molecule has 0 aliphatic carbocycles. The number of amides is 1. The fourth-order valence-electron chi connectivity index (χ4n) is 1.85. The molecule has 0 bridgehead atoms. The molecule has 1 fully saturated rings. The summed E-state index contributed by atoms with van der Waals surface area (Å²) in [5.74, 6) is -1.42. The van der Waals surface area contributed by atoms with E-state index in [2.05, 4.69) is 0 Å². The van der Waals surface area contributed by atoms with Gasteiger partial charge in [-0.05, 0) is 31.1 Å². The van der Waals surface area contributed by atoms with Crippen LogP contribution in [0.1, 0.15) is 18.4 Å². The number of aliphatic carboxylic acids is 1. The van der Waals surface area contributed by atoms with E-state index in [1.807, 2.05) is 0 Å². The standard InChI is InChI=1S/C14H11Cl2NO3S2/c15-9-3-1-4-10(16)8(9)7-11-13(20)17(14(21)22-11)6-2-5-12(18)19/h1,3-4,7H,2,5-6H2,(H,18,19)/p-1/b11-7+. The molecule has 1 aromatic rings. The van der Waals surface area contributed by atoms with E-state index < -0.39 is 5.97 Å². The smallest absolute Gasteiger partial charge is 0.266 e. The van der Waals surface area contributed by atoms with E-state index in [1.54, 1.807) is 24.3 Å². The molecule has 0 saturated carbocycles. The van der Waals surface area contributed by atoms with Crippen molar-refractivity contribution in [2.45, 2.75) is 12.8 Å². The van der Waals surface area contributed by atoms with Crippen molar-refractivity contribution in [1.82, 2.24) is 4.90 Å². The van der Waals surface area contributed by atoms with Crippen molar-refractivity contribution in [3.8, 4) is 0 Å².